The molecule has 5 heteroatoms. The van der Waals surface area contributed by atoms with Gasteiger partial charge in [0.05, 0.1) is 13.5 Å². The zero-order chi connectivity index (χ0) is 20.1. The van der Waals surface area contributed by atoms with Gasteiger partial charge in [0.25, 0.3) is 0 Å². The van der Waals surface area contributed by atoms with Crippen LogP contribution in [0.15, 0.2) is 60.7 Å². The largest absolute Gasteiger partial charge is 0.504 e. The van der Waals surface area contributed by atoms with E-state index in [1.807, 2.05) is 41.9 Å². The highest BCUT2D eigenvalue weighted by atomic mass is 16.5. The van der Waals surface area contributed by atoms with Crippen molar-refractivity contribution in [3.05, 3.63) is 71.9 Å². The van der Waals surface area contributed by atoms with Crippen molar-refractivity contribution in [2.24, 2.45) is 7.05 Å². The first-order valence-corrected chi connectivity index (χ1v) is 8.81. The minimum atomic E-state index is -0.293. The molecule has 0 aliphatic rings. The second-order valence-corrected chi connectivity index (χ2v) is 6.39. The quantitative estimate of drug-likeness (QED) is 0.498. The molecule has 1 aromatic heterocycles. The number of phenolic OH excluding ortho intramolecular Hbond substituents is 1. The highest BCUT2D eigenvalue weighted by molar-refractivity contribution is 6.11. The van der Waals surface area contributed by atoms with Crippen LogP contribution < -0.4 is 4.74 Å². The Kier molecular flexibility index (Phi) is 5.75. The van der Waals surface area contributed by atoms with E-state index in [-0.39, 0.29) is 23.7 Å². The number of para-hydroxylation sites is 1. The van der Waals surface area contributed by atoms with Gasteiger partial charge in [-0.2, -0.15) is 0 Å². The summed E-state index contributed by atoms with van der Waals surface area (Å²) in [7, 11) is 3.39. The summed E-state index contributed by atoms with van der Waals surface area (Å²) in [6.07, 6.45) is 5.90. The van der Waals surface area contributed by atoms with Crippen molar-refractivity contribution < 1.29 is 19.4 Å². The van der Waals surface area contributed by atoms with E-state index >= 15 is 0 Å². The number of carbonyl (C=O) groups excluding carboxylic acids is 2. The molecule has 5 nitrogen and oxygen atoms in total. The van der Waals surface area contributed by atoms with Crippen molar-refractivity contribution in [1.82, 2.24) is 4.57 Å². The van der Waals surface area contributed by atoms with Crippen molar-refractivity contribution in [2.45, 2.75) is 6.42 Å². The number of nitrogens with zero attached hydrogens (tertiary/aromatic N) is 1. The van der Waals surface area contributed by atoms with Crippen LogP contribution in [-0.4, -0.2) is 28.3 Å². The maximum absolute atomic E-state index is 12.1. The normalized spacial score (nSPS) is 11.5. The highest BCUT2D eigenvalue weighted by Crippen LogP contribution is 2.26. The topological polar surface area (TPSA) is 68.5 Å². The van der Waals surface area contributed by atoms with Crippen LogP contribution in [0.1, 0.15) is 17.7 Å². The maximum atomic E-state index is 12.1. The Hall–Kier alpha value is -3.60. The number of hydrogen-bond donors (Lipinski definition) is 1. The van der Waals surface area contributed by atoms with Crippen LogP contribution in [0.25, 0.3) is 23.1 Å². The number of ether oxygens (including phenoxy) is 1. The van der Waals surface area contributed by atoms with E-state index in [0.29, 0.717) is 11.3 Å². The first-order chi connectivity index (χ1) is 13.5. The number of hydrogen-bond acceptors (Lipinski definition) is 4. The molecule has 0 amide bonds. The number of carbonyl (C=O) groups is 2. The maximum Gasteiger partial charge on any atom is 0.163 e. The summed E-state index contributed by atoms with van der Waals surface area (Å²) in [6.45, 7) is 0. The van der Waals surface area contributed by atoms with Crippen LogP contribution in [0.5, 0.6) is 11.5 Å². The van der Waals surface area contributed by atoms with E-state index in [4.69, 9.17) is 4.74 Å². The predicted molar refractivity (Wildman–Crippen MR) is 110 cm³/mol. The van der Waals surface area contributed by atoms with Gasteiger partial charge in [-0.3, -0.25) is 9.59 Å². The molecule has 0 fully saturated rings. The van der Waals surface area contributed by atoms with E-state index < -0.39 is 0 Å². The summed E-state index contributed by atoms with van der Waals surface area (Å²) in [5.74, 6) is -0.204. The molecule has 0 aliphatic carbocycles. The number of aromatic nitrogens is 1. The van der Waals surface area contributed by atoms with Crippen LogP contribution in [-0.2, 0) is 16.6 Å². The Balaban J connectivity index is 1.63. The average Bonchev–Trinajstić information content (AvgIpc) is 3.02. The fourth-order valence-electron chi connectivity index (χ4n) is 2.93. The van der Waals surface area contributed by atoms with E-state index in [2.05, 4.69) is 0 Å². The lowest BCUT2D eigenvalue weighted by Crippen LogP contribution is -2.02. The monoisotopic (exact) mass is 375 g/mol. The van der Waals surface area contributed by atoms with E-state index in [1.54, 1.807) is 24.3 Å². The third-order valence-corrected chi connectivity index (χ3v) is 4.44. The number of fused-ring (bicyclic) bond motifs is 1. The molecule has 3 aromatic rings. The third kappa shape index (κ3) is 4.38. The molecule has 0 saturated carbocycles. The summed E-state index contributed by atoms with van der Waals surface area (Å²) in [5.41, 5.74) is 2.67. The van der Waals surface area contributed by atoms with Crippen LogP contribution in [0.3, 0.4) is 0 Å². The second kappa shape index (κ2) is 8.39. The van der Waals surface area contributed by atoms with Gasteiger partial charge in [-0.05, 0) is 48.1 Å². The first-order valence-electron chi connectivity index (χ1n) is 8.81. The lowest BCUT2D eigenvalue weighted by Gasteiger charge is -2.03. The van der Waals surface area contributed by atoms with Gasteiger partial charge in [0.2, 0.25) is 0 Å². The minimum Gasteiger partial charge on any atom is -0.504 e. The molecule has 0 bridgehead atoms. The van der Waals surface area contributed by atoms with Gasteiger partial charge in [0.15, 0.2) is 23.1 Å². The lowest BCUT2D eigenvalue weighted by molar-refractivity contribution is -0.121. The van der Waals surface area contributed by atoms with Crippen LogP contribution in [0.4, 0.5) is 0 Å². The third-order valence-electron chi connectivity index (χ3n) is 4.44. The SMILES string of the molecule is COc1cc(C=CC(=O)CC(=O)C=Cc2cc3ccccc3n2C)ccc1O. The van der Waals surface area contributed by atoms with Crippen molar-refractivity contribution >= 4 is 34.6 Å². The highest BCUT2D eigenvalue weighted by Gasteiger charge is 2.06. The van der Waals surface area contributed by atoms with Crippen molar-refractivity contribution in [3.63, 3.8) is 0 Å². The summed E-state index contributed by atoms with van der Waals surface area (Å²) in [5, 5.41) is 10.7. The van der Waals surface area contributed by atoms with Gasteiger partial charge in [0, 0.05) is 23.6 Å². The van der Waals surface area contributed by atoms with E-state index in [0.717, 1.165) is 16.6 Å². The van der Waals surface area contributed by atoms with Gasteiger partial charge in [-0.1, -0.05) is 30.3 Å². The number of allylic oxidation sites excluding steroid dienone is 2. The average molecular weight is 375 g/mol. The number of rotatable bonds is 7. The molecule has 0 unspecified atom stereocenters. The lowest BCUT2D eigenvalue weighted by atomic mass is 10.1. The fourth-order valence-corrected chi connectivity index (χ4v) is 2.93. The molecule has 28 heavy (non-hydrogen) atoms. The standard InChI is InChI=1S/C23H21NO4/c1-24-18(14-17-5-3-4-6-21(17)24)9-11-20(26)15-19(25)10-7-16-8-12-22(27)23(13-16)28-2/h3-14,27H,15H2,1-2H3. The van der Waals surface area contributed by atoms with Crippen LogP contribution >= 0.6 is 0 Å². The summed E-state index contributed by atoms with van der Waals surface area (Å²) < 4.78 is 7.03. The Morgan fingerprint density at radius 1 is 1.04 bits per heavy atom. The molecule has 1 heterocycles. The molecular formula is C23H21NO4. The van der Waals surface area contributed by atoms with Gasteiger partial charge < -0.3 is 14.4 Å². The molecule has 1 N–H and O–H groups in total. The Labute approximate surface area is 163 Å². The fraction of sp³-hybridized carbons (Fsp3) is 0.130. The molecular weight excluding hydrogens is 354 g/mol. The van der Waals surface area contributed by atoms with Crippen LogP contribution in [0, 0.1) is 0 Å². The molecule has 0 spiro atoms. The van der Waals surface area contributed by atoms with Crippen LogP contribution in [0.2, 0.25) is 0 Å². The van der Waals surface area contributed by atoms with Gasteiger partial charge in [-0.15, -0.1) is 0 Å². The first kappa shape index (κ1) is 19.2. The van der Waals surface area contributed by atoms with Crippen molar-refractivity contribution in [3.8, 4) is 11.5 Å². The smallest absolute Gasteiger partial charge is 0.163 e. The summed E-state index contributed by atoms with van der Waals surface area (Å²) in [6, 6.07) is 14.7. The zero-order valence-corrected chi connectivity index (χ0v) is 15.8. The number of aromatic hydroxyl groups is 1. The zero-order valence-electron chi connectivity index (χ0n) is 15.8. The number of phenols is 1. The molecule has 3 rings (SSSR count). The van der Waals surface area contributed by atoms with E-state index in [9.17, 15) is 14.7 Å². The number of benzene rings is 2. The summed E-state index contributed by atoms with van der Waals surface area (Å²) in [4.78, 5) is 24.1. The number of ketones is 2. The van der Waals surface area contributed by atoms with E-state index in [1.165, 1.54) is 25.3 Å². The molecule has 142 valence electrons. The number of methoxy groups -OCH3 is 1. The van der Waals surface area contributed by atoms with Gasteiger partial charge >= 0.3 is 0 Å². The molecule has 0 radical (unpaired) electrons. The number of aryl methyl sites for hydroxylation is 1. The molecule has 0 atom stereocenters. The molecule has 0 saturated heterocycles. The van der Waals surface area contributed by atoms with Gasteiger partial charge in [-0.25, -0.2) is 0 Å². The second-order valence-electron chi connectivity index (χ2n) is 6.39. The molecule has 0 aliphatic heterocycles. The molecule has 2 aromatic carbocycles. The van der Waals surface area contributed by atoms with Gasteiger partial charge in [0.1, 0.15) is 0 Å². The Morgan fingerprint density at radius 3 is 2.46 bits per heavy atom. The Morgan fingerprint density at radius 2 is 1.75 bits per heavy atom. The van der Waals surface area contributed by atoms with Crippen molar-refractivity contribution in [2.75, 3.05) is 7.11 Å². The minimum absolute atomic E-state index is 0.0274. The predicted octanol–water partition coefficient (Wildman–Crippen LogP) is 4.15. The van der Waals surface area contributed by atoms with Crippen molar-refractivity contribution in [1.29, 1.82) is 0 Å². The summed E-state index contributed by atoms with van der Waals surface area (Å²) >= 11 is 0. The Bertz CT molecular complexity index is 1090.